The summed E-state index contributed by atoms with van der Waals surface area (Å²) in [7, 11) is 0. The Morgan fingerprint density at radius 1 is 1.10 bits per heavy atom. The molecule has 0 radical (unpaired) electrons. The zero-order valence-corrected chi connectivity index (χ0v) is 20.1. The lowest BCUT2D eigenvalue weighted by Gasteiger charge is -2.36. The van der Waals surface area contributed by atoms with Gasteiger partial charge in [0.15, 0.2) is 11.5 Å². The maximum absolute atomic E-state index is 13.1. The maximum atomic E-state index is 13.1. The number of ether oxygens (including phenoxy) is 2. The number of thiophene rings is 1. The first kappa shape index (κ1) is 22.0. The second-order valence-electron chi connectivity index (χ2n) is 9.11. The summed E-state index contributed by atoms with van der Waals surface area (Å²) in [5, 5.41) is 7.74. The molecule has 1 aliphatic heterocycles. The Bertz CT molecular complexity index is 966. The molecule has 1 aromatic carbocycles. The predicted octanol–water partition coefficient (Wildman–Crippen LogP) is 5.94. The van der Waals surface area contributed by atoms with E-state index in [2.05, 4.69) is 31.4 Å². The molecule has 2 N–H and O–H groups in total. The fourth-order valence-corrected chi connectivity index (χ4v) is 6.02. The smallest absolute Gasteiger partial charge is 0.256 e. The van der Waals surface area contributed by atoms with Gasteiger partial charge in [-0.2, -0.15) is 0 Å². The van der Waals surface area contributed by atoms with E-state index in [9.17, 15) is 4.79 Å². The van der Waals surface area contributed by atoms with Crippen molar-refractivity contribution in [2.45, 2.75) is 66.5 Å². The van der Waals surface area contributed by atoms with Crippen LogP contribution in [0.5, 0.6) is 11.5 Å². The number of anilines is 1. The van der Waals surface area contributed by atoms with Gasteiger partial charge >= 0.3 is 0 Å². The summed E-state index contributed by atoms with van der Waals surface area (Å²) in [6, 6.07) is 5.87. The van der Waals surface area contributed by atoms with Crippen LogP contribution in [0.4, 0.5) is 5.00 Å². The van der Waals surface area contributed by atoms with Crippen LogP contribution in [-0.2, 0) is 12.8 Å². The average molecular weight is 443 g/mol. The summed E-state index contributed by atoms with van der Waals surface area (Å²) < 4.78 is 11.5. The standard InChI is InChI=1S/C25H34N2O3S/c1-6-25(4,5)16-10-11-17-20(14-16)31-24-21(17)23(28)26-22(27-24)15-9-12-18(29-7-2)19(13-15)30-8-3/h9,12-13,16,22,27H,6-8,10-11,14H2,1-5H3,(H,26,28)/t16-,22+/m0/s1. The van der Waals surface area contributed by atoms with Crippen molar-refractivity contribution in [3.05, 3.63) is 39.8 Å². The zero-order chi connectivity index (χ0) is 22.2. The SMILES string of the molecule is CCOc1ccc([C@@H]2NC(=O)c3c(sc4c3CC[C@H](C(C)(C)CC)C4)N2)cc1OCC. The Labute approximate surface area is 189 Å². The van der Waals surface area contributed by atoms with Gasteiger partial charge in [0.25, 0.3) is 5.91 Å². The van der Waals surface area contributed by atoms with Gasteiger partial charge in [-0.1, -0.05) is 33.3 Å². The van der Waals surface area contributed by atoms with Gasteiger partial charge < -0.3 is 20.1 Å². The van der Waals surface area contributed by atoms with Gasteiger partial charge in [0.05, 0.1) is 18.8 Å². The summed E-state index contributed by atoms with van der Waals surface area (Å²) in [5.41, 5.74) is 3.41. The minimum atomic E-state index is -0.280. The largest absolute Gasteiger partial charge is 0.490 e. The monoisotopic (exact) mass is 442 g/mol. The number of carbonyl (C=O) groups is 1. The molecule has 31 heavy (non-hydrogen) atoms. The molecule has 0 fully saturated rings. The molecule has 5 nitrogen and oxygen atoms in total. The first-order chi connectivity index (χ1) is 14.9. The Balaban J connectivity index is 1.60. The van der Waals surface area contributed by atoms with E-state index in [0.717, 1.165) is 41.1 Å². The third kappa shape index (κ3) is 4.14. The van der Waals surface area contributed by atoms with E-state index in [1.807, 2.05) is 32.0 Å². The highest BCUT2D eigenvalue weighted by Gasteiger charge is 2.37. The van der Waals surface area contributed by atoms with E-state index in [0.29, 0.717) is 30.3 Å². The lowest BCUT2D eigenvalue weighted by atomic mass is 9.69. The van der Waals surface area contributed by atoms with Crippen LogP contribution < -0.4 is 20.1 Å². The minimum Gasteiger partial charge on any atom is -0.490 e. The van der Waals surface area contributed by atoms with Gasteiger partial charge in [-0.15, -0.1) is 11.3 Å². The van der Waals surface area contributed by atoms with Crippen molar-refractivity contribution < 1.29 is 14.3 Å². The summed E-state index contributed by atoms with van der Waals surface area (Å²) in [4.78, 5) is 14.5. The van der Waals surface area contributed by atoms with Crippen LogP contribution in [0, 0.1) is 11.3 Å². The summed E-state index contributed by atoms with van der Waals surface area (Å²) in [6.07, 6.45) is 4.12. The van der Waals surface area contributed by atoms with E-state index in [1.165, 1.54) is 16.9 Å². The topological polar surface area (TPSA) is 59.6 Å². The third-order valence-corrected chi connectivity index (χ3v) is 8.15. The van der Waals surface area contributed by atoms with Crippen molar-refractivity contribution in [2.75, 3.05) is 18.5 Å². The van der Waals surface area contributed by atoms with Crippen molar-refractivity contribution in [1.29, 1.82) is 0 Å². The van der Waals surface area contributed by atoms with Gasteiger partial charge in [0.1, 0.15) is 11.2 Å². The first-order valence-electron chi connectivity index (χ1n) is 11.5. The normalized spacial score (nSPS) is 20.4. The minimum absolute atomic E-state index is 0.0243. The molecular formula is C25H34N2O3S. The molecule has 168 valence electrons. The number of nitrogens with one attached hydrogen (secondary N) is 2. The highest BCUT2D eigenvalue weighted by molar-refractivity contribution is 7.16. The van der Waals surface area contributed by atoms with Crippen LogP contribution in [0.25, 0.3) is 0 Å². The Morgan fingerprint density at radius 2 is 1.84 bits per heavy atom. The van der Waals surface area contributed by atoms with Crippen LogP contribution in [0.3, 0.4) is 0 Å². The third-order valence-electron chi connectivity index (χ3n) is 6.96. The van der Waals surface area contributed by atoms with Crippen molar-refractivity contribution >= 4 is 22.2 Å². The number of carbonyl (C=O) groups excluding carboxylic acids is 1. The number of hydrogen-bond acceptors (Lipinski definition) is 5. The van der Waals surface area contributed by atoms with Crippen molar-refractivity contribution in [1.82, 2.24) is 5.32 Å². The first-order valence-corrected chi connectivity index (χ1v) is 12.3. The van der Waals surface area contributed by atoms with Crippen LogP contribution >= 0.6 is 11.3 Å². The lowest BCUT2D eigenvalue weighted by molar-refractivity contribution is 0.0934. The van der Waals surface area contributed by atoms with Gasteiger partial charge in [-0.25, -0.2) is 0 Å². The molecule has 1 amide bonds. The molecule has 0 spiro atoms. The molecule has 2 aliphatic rings. The number of hydrogen-bond donors (Lipinski definition) is 2. The second kappa shape index (κ2) is 8.73. The van der Waals surface area contributed by atoms with Crippen molar-refractivity contribution in [2.24, 2.45) is 11.3 Å². The van der Waals surface area contributed by atoms with Gasteiger partial charge in [-0.05, 0) is 67.7 Å². The van der Waals surface area contributed by atoms with Crippen LogP contribution in [0.1, 0.15) is 80.0 Å². The molecule has 1 aliphatic carbocycles. The van der Waals surface area contributed by atoms with Crippen LogP contribution in [-0.4, -0.2) is 19.1 Å². The van der Waals surface area contributed by atoms with E-state index in [1.54, 1.807) is 11.3 Å². The molecule has 0 unspecified atom stereocenters. The highest BCUT2D eigenvalue weighted by atomic mass is 32.1. The van der Waals surface area contributed by atoms with Crippen LogP contribution in [0.2, 0.25) is 0 Å². The molecule has 4 rings (SSSR count). The summed E-state index contributed by atoms with van der Waals surface area (Å²) in [6.45, 7) is 12.1. The van der Waals surface area contributed by atoms with E-state index >= 15 is 0 Å². The van der Waals surface area contributed by atoms with Gasteiger partial charge in [0, 0.05) is 4.88 Å². The van der Waals surface area contributed by atoms with Gasteiger partial charge in [0.2, 0.25) is 0 Å². The fourth-order valence-electron chi connectivity index (χ4n) is 4.67. The molecule has 2 aromatic rings. The zero-order valence-electron chi connectivity index (χ0n) is 19.3. The number of fused-ring (bicyclic) bond motifs is 3. The molecular weight excluding hydrogens is 408 g/mol. The quantitative estimate of drug-likeness (QED) is 0.557. The second-order valence-corrected chi connectivity index (χ2v) is 10.2. The lowest BCUT2D eigenvalue weighted by Crippen LogP contribution is -2.38. The molecule has 6 heteroatoms. The number of benzene rings is 1. The Hall–Kier alpha value is -2.21. The van der Waals surface area contributed by atoms with Crippen molar-refractivity contribution in [3.63, 3.8) is 0 Å². The number of rotatable bonds is 7. The fraction of sp³-hybridized carbons (Fsp3) is 0.560. The highest BCUT2D eigenvalue weighted by Crippen LogP contribution is 2.47. The predicted molar refractivity (Wildman–Crippen MR) is 127 cm³/mol. The van der Waals surface area contributed by atoms with E-state index in [4.69, 9.17) is 9.47 Å². The molecule has 0 saturated heterocycles. The molecule has 2 atom stereocenters. The number of amides is 1. The Morgan fingerprint density at radius 3 is 2.55 bits per heavy atom. The molecule has 2 heterocycles. The summed E-state index contributed by atoms with van der Waals surface area (Å²) in [5.74, 6) is 2.13. The Kier molecular flexibility index (Phi) is 6.20. The van der Waals surface area contributed by atoms with Crippen molar-refractivity contribution in [3.8, 4) is 11.5 Å². The average Bonchev–Trinajstić information content (AvgIpc) is 3.13. The van der Waals surface area contributed by atoms with E-state index in [-0.39, 0.29) is 12.1 Å². The van der Waals surface area contributed by atoms with Gasteiger partial charge in [-0.3, -0.25) is 4.79 Å². The maximum Gasteiger partial charge on any atom is 0.256 e. The molecule has 0 bridgehead atoms. The molecule has 0 saturated carbocycles. The van der Waals surface area contributed by atoms with Crippen LogP contribution in [0.15, 0.2) is 18.2 Å². The summed E-state index contributed by atoms with van der Waals surface area (Å²) >= 11 is 1.77. The molecule has 1 aromatic heterocycles. The van der Waals surface area contributed by atoms with E-state index < -0.39 is 0 Å².